The Bertz CT molecular complexity index is 1050. The van der Waals surface area contributed by atoms with Crippen molar-refractivity contribution in [3.63, 3.8) is 0 Å². The third-order valence-electron chi connectivity index (χ3n) is 6.56. The molecule has 0 unspecified atom stereocenters. The average Bonchev–Trinajstić information content (AvgIpc) is 3.35. The van der Waals surface area contributed by atoms with Gasteiger partial charge in [0.1, 0.15) is 11.4 Å². The molecule has 32 heavy (non-hydrogen) atoms. The van der Waals surface area contributed by atoms with E-state index in [-0.39, 0.29) is 30.5 Å². The van der Waals surface area contributed by atoms with Crippen LogP contribution < -0.4 is 4.90 Å². The van der Waals surface area contributed by atoms with E-state index in [0.29, 0.717) is 37.3 Å². The van der Waals surface area contributed by atoms with E-state index in [2.05, 4.69) is 9.97 Å². The summed E-state index contributed by atoms with van der Waals surface area (Å²) in [6.45, 7) is 1.59. The fourth-order valence-corrected chi connectivity index (χ4v) is 4.91. The Morgan fingerprint density at radius 3 is 2.50 bits per heavy atom. The summed E-state index contributed by atoms with van der Waals surface area (Å²) in [6.07, 6.45) is -3.26. The third kappa shape index (κ3) is 3.69. The van der Waals surface area contributed by atoms with Crippen LogP contribution in [0.25, 0.3) is 0 Å². The summed E-state index contributed by atoms with van der Waals surface area (Å²) in [6, 6.07) is 2.33. The van der Waals surface area contributed by atoms with E-state index >= 15 is 0 Å². The van der Waals surface area contributed by atoms with E-state index in [0.717, 1.165) is 35.7 Å². The highest BCUT2D eigenvalue weighted by atomic mass is 19.4. The highest BCUT2D eigenvalue weighted by molar-refractivity contribution is 5.78. The van der Waals surface area contributed by atoms with Crippen molar-refractivity contribution in [2.24, 2.45) is 5.92 Å². The number of amides is 1. The second-order valence-corrected chi connectivity index (χ2v) is 8.66. The van der Waals surface area contributed by atoms with Gasteiger partial charge in [-0.15, -0.1) is 0 Å². The second kappa shape index (κ2) is 7.67. The molecule has 1 saturated heterocycles. The normalized spacial score (nSPS) is 18.2. The van der Waals surface area contributed by atoms with Gasteiger partial charge in [0.15, 0.2) is 0 Å². The van der Waals surface area contributed by atoms with Crippen molar-refractivity contribution in [2.45, 2.75) is 51.4 Å². The minimum atomic E-state index is -4.48. The molecule has 1 fully saturated rings. The Hall–Kier alpha value is -2.78. The molecule has 0 saturated carbocycles. The van der Waals surface area contributed by atoms with E-state index in [1.807, 2.05) is 4.90 Å². The first-order valence-electron chi connectivity index (χ1n) is 10.6. The van der Waals surface area contributed by atoms with Gasteiger partial charge in [-0.3, -0.25) is 9.78 Å². The van der Waals surface area contributed by atoms with Crippen LogP contribution in [0.3, 0.4) is 0 Å². The number of hydrogen-bond donors (Lipinski definition) is 0. The number of aromatic nitrogens is 2. The van der Waals surface area contributed by atoms with Gasteiger partial charge < -0.3 is 9.80 Å². The first kappa shape index (κ1) is 21.1. The van der Waals surface area contributed by atoms with Gasteiger partial charge in [-0.05, 0) is 42.5 Å². The van der Waals surface area contributed by atoms with Gasteiger partial charge in [0.2, 0.25) is 5.91 Å². The molecule has 4 heterocycles. The Kier molecular flexibility index (Phi) is 5.05. The summed E-state index contributed by atoms with van der Waals surface area (Å²) >= 11 is 0. The van der Waals surface area contributed by atoms with Crippen molar-refractivity contribution in [1.82, 2.24) is 14.9 Å². The number of nitrogens with zero attached hydrogens (tertiary/aromatic N) is 4. The molecule has 5 nitrogen and oxygen atoms in total. The quantitative estimate of drug-likeness (QED) is 0.650. The smallest absolute Gasteiger partial charge is 0.370 e. The fraction of sp³-hybridized carbons (Fsp3) is 0.500. The van der Waals surface area contributed by atoms with Crippen LogP contribution >= 0.6 is 0 Å². The number of aryl methyl sites for hydroxylation is 1. The number of carbonyl (C=O) groups excluding carboxylic acids is 1. The predicted molar refractivity (Wildman–Crippen MR) is 105 cm³/mol. The van der Waals surface area contributed by atoms with Crippen LogP contribution in [0.15, 0.2) is 18.3 Å². The van der Waals surface area contributed by atoms with Crippen LogP contribution in [-0.4, -0.2) is 33.9 Å². The summed E-state index contributed by atoms with van der Waals surface area (Å²) in [5.74, 6) is -0.0322. The lowest BCUT2D eigenvalue weighted by Crippen LogP contribution is -2.48. The number of alkyl halides is 5. The lowest BCUT2D eigenvalue weighted by atomic mass is 9.95. The maximum absolute atomic E-state index is 13.5. The molecular weight excluding hydrogens is 431 g/mol. The SMILES string of the molecule is O=C(CC1CN(c2ccc(C(F)(F)F)nc2)C1)N1Cc2c(C(F)F)nc3c(c2C1)CCC3. The molecule has 5 rings (SSSR count). The van der Waals surface area contributed by atoms with Gasteiger partial charge in [-0.1, -0.05) is 0 Å². The summed E-state index contributed by atoms with van der Waals surface area (Å²) in [4.78, 5) is 24.0. The van der Waals surface area contributed by atoms with E-state index in [9.17, 15) is 26.7 Å². The summed E-state index contributed by atoms with van der Waals surface area (Å²) in [5, 5.41) is 0. The lowest BCUT2D eigenvalue weighted by molar-refractivity contribution is -0.141. The van der Waals surface area contributed by atoms with Crippen LogP contribution in [0, 0.1) is 5.92 Å². The number of pyridine rings is 2. The van der Waals surface area contributed by atoms with Crippen LogP contribution in [0.5, 0.6) is 0 Å². The minimum absolute atomic E-state index is 0.0620. The molecule has 1 amide bonds. The number of hydrogen-bond acceptors (Lipinski definition) is 4. The predicted octanol–water partition coefficient (Wildman–Crippen LogP) is 4.29. The minimum Gasteiger partial charge on any atom is -0.370 e. The molecule has 170 valence electrons. The molecule has 2 aromatic rings. The highest BCUT2D eigenvalue weighted by Gasteiger charge is 2.37. The van der Waals surface area contributed by atoms with Gasteiger partial charge in [-0.25, -0.2) is 13.8 Å². The Morgan fingerprint density at radius 2 is 1.84 bits per heavy atom. The van der Waals surface area contributed by atoms with Gasteiger partial charge in [0, 0.05) is 49.8 Å². The molecule has 0 bridgehead atoms. The van der Waals surface area contributed by atoms with E-state index < -0.39 is 18.3 Å². The van der Waals surface area contributed by atoms with Gasteiger partial charge in [0.05, 0.1) is 11.9 Å². The van der Waals surface area contributed by atoms with E-state index in [1.165, 1.54) is 12.3 Å². The molecule has 0 atom stereocenters. The Labute approximate surface area is 181 Å². The summed E-state index contributed by atoms with van der Waals surface area (Å²) < 4.78 is 65.0. The molecule has 2 aromatic heterocycles. The molecule has 0 N–H and O–H groups in total. The van der Waals surface area contributed by atoms with E-state index in [4.69, 9.17) is 0 Å². The molecule has 0 aromatic carbocycles. The number of rotatable bonds is 4. The zero-order valence-corrected chi connectivity index (χ0v) is 17.1. The zero-order chi connectivity index (χ0) is 22.6. The van der Waals surface area contributed by atoms with Crippen molar-refractivity contribution in [1.29, 1.82) is 0 Å². The summed E-state index contributed by atoms with van der Waals surface area (Å²) in [7, 11) is 0. The zero-order valence-electron chi connectivity index (χ0n) is 17.1. The van der Waals surface area contributed by atoms with Crippen LogP contribution in [-0.2, 0) is 36.9 Å². The first-order chi connectivity index (χ1) is 15.2. The monoisotopic (exact) mass is 452 g/mol. The maximum Gasteiger partial charge on any atom is 0.433 e. The van der Waals surface area contributed by atoms with Crippen LogP contribution in [0.4, 0.5) is 27.6 Å². The van der Waals surface area contributed by atoms with Crippen molar-refractivity contribution < 1.29 is 26.7 Å². The maximum atomic E-state index is 13.5. The largest absolute Gasteiger partial charge is 0.433 e. The van der Waals surface area contributed by atoms with Crippen molar-refractivity contribution in [2.75, 3.05) is 18.0 Å². The van der Waals surface area contributed by atoms with E-state index in [1.54, 1.807) is 4.90 Å². The Balaban J connectivity index is 1.20. The third-order valence-corrected chi connectivity index (χ3v) is 6.56. The summed E-state index contributed by atoms with van der Waals surface area (Å²) in [5.41, 5.74) is 2.57. The molecule has 0 spiro atoms. The lowest BCUT2D eigenvalue weighted by Gasteiger charge is -2.41. The fourth-order valence-electron chi connectivity index (χ4n) is 4.91. The first-order valence-corrected chi connectivity index (χ1v) is 10.6. The number of fused-ring (bicyclic) bond motifs is 3. The molecule has 1 aliphatic carbocycles. The standard InChI is InChI=1S/C22H21F5N4O/c23-21(24)20-16-11-31(10-15(16)14-2-1-3-17(14)29-20)19(32)6-12-8-30(9-12)13-4-5-18(28-7-13)22(25,26)27/h4-5,7,12,21H,1-3,6,8-11H2. The molecule has 0 radical (unpaired) electrons. The second-order valence-electron chi connectivity index (χ2n) is 8.66. The van der Waals surface area contributed by atoms with Crippen LogP contribution in [0.1, 0.15) is 53.0 Å². The molecule has 3 aliphatic rings. The highest BCUT2D eigenvalue weighted by Crippen LogP contribution is 2.38. The topological polar surface area (TPSA) is 49.3 Å². The van der Waals surface area contributed by atoms with Crippen molar-refractivity contribution in [3.8, 4) is 0 Å². The number of anilines is 1. The number of halogens is 5. The average molecular weight is 452 g/mol. The van der Waals surface area contributed by atoms with Crippen molar-refractivity contribution >= 4 is 11.6 Å². The van der Waals surface area contributed by atoms with Gasteiger partial charge in [-0.2, -0.15) is 13.2 Å². The van der Waals surface area contributed by atoms with Gasteiger partial charge >= 0.3 is 6.18 Å². The molecule has 10 heteroatoms. The van der Waals surface area contributed by atoms with Crippen LogP contribution in [0.2, 0.25) is 0 Å². The number of carbonyl (C=O) groups is 1. The van der Waals surface area contributed by atoms with Gasteiger partial charge in [0.25, 0.3) is 6.43 Å². The van der Waals surface area contributed by atoms with Crippen molar-refractivity contribution in [3.05, 3.63) is 52.1 Å². The Morgan fingerprint density at radius 1 is 1.09 bits per heavy atom. The molecule has 2 aliphatic heterocycles. The molecular formula is C22H21F5N4O.